The number of likely N-dealkylation sites (tertiary alicyclic amines) is 1. The third-order valence-electron chi connectivity index (χ3n) is 4.70. The first-order chi connectivity index (χ1) is 12.7. The van der Waals surface area contributed by atoms with E-state index in [-0.39, 0.29) is 17.8 Å². The maximum Gasteiger partial charge on any atom is 0.310 e. The van der Waals surface area contributed by atoms with E-state index in [9.17, 15) is 9.59 Å². The van der Waals surface area contributed by atoms with E-state index in [1.165, 1.54) is 0 Å². The molecule has 3 rings (SSSR count). The molecule has 1 saturated heterocycles. The van der Waals surface area contributed by atoms with Crippen LogP contribution in [0.15, 0.2) is 46.9 Å². The summed E-state index contributed by atoms with van der Waals surface area (Å²) in [6, 6.07) is 13.8. The minimum Gasteiger partial charge on any atom is -0.466 e. The number of esters is 1. The molecular weight excluding hydrogens is 330 g/mol. The van der Waals surface area contributed by atoms with E-state index in [4.69, 9.17) is 9.15 Å². The molecule has 2 aromatic rings. The van der Waals surface area contributed by atoms with Crippen LogP contribution in [-0.2, 0) is 20.7 Å². The quantitative estimate of drug-likeness (QED) is 0.742. The molecule has 0 saturated carbocycles. The van der Waals surface area contributed by atoms with E-state index < -0.39 is 0 Å². The predicted molar refractivity (Wildman–Crippen MR) is 98.4 cm³/mol. The van der Waals surface area contributed by atoms with Crippen molar-refractivity contribution in [2.75, 3.05) is 19.7 Å². The first kappa shape index (κ1) is 18.2. The molecule has 2 heterocycles. The summed E-state index contributed by atoms with van der Waals surface area (Å²) in [6.45, 7) is 3.36. The second kappa shape index (κ2) is 8.70. The van der Waals surface area contributed by atoms with Gasteiger partial charge in [-0.05, 0) is 31.9 Å². The summed E-state index contributed by atoms with van der Waals surface area (Å²) in [4.78, 5) is 26.2. The van der Waals surface area contributed by atoms with Crippen LogP contribution in [0.2, 0.25) is 0 Å². The minimum atomic E-state index is -0.194. The zero-order valence-electron chi connectivity index (χ0n) is 15.1. The molecule has 5 heteroatoms. The van der Waals surface area contributed by atoms with Crippen molar-refractivity contribution in [1.29, 1.82) is 0 Å². The monoisotopic (exact) mass is 355 g/mol. The molecule has 0 spiro atoms. The van der Waals surface area contributed by atoms with Crippen molar-refractivity contribution < 1.29 is 18.7 Å². The first-order valence-electron chi connectivity index (χ1n) is 9.26. The van der Waals surface area contributed by atoms with Crippen molar-refractivity contribution in [2.24, 2.45) is 5.92 Å². The number of carbonyl (C=O) groups excluding carboxylic acids is 2. The summed E-state index contributed by atoms with van der Waals surface area (Å²) >= 11 is 0. The second-order valence-corrected chi connectivity index (χ2v) is 6.56. The molecule has 0 aliphatic carbocycles. The Morgan fingerprint density at radius 2 is 2.00 bits per heavy atom. The van der Waals surface area contributed by atoms with Crippen molar-refractivity contribution in [3.63, 3.8) is 0 Å². The number of rotatable bonds is 6. The Kier molecular flexibility index (Phi) is 6.10. The third-order valence-corrected chi connectivity index (χ3v) is 4.70. The number of benzene rings is 1. The number of hydrogen-bond acceptors (Lipinski definition) is 4. The van der Waals surface area contributed by atoms with Crippen LogP contribution in [0.4, 0.5) is 0 Å². The summed E-state index contributed by atoms with van der Waals surface area (Å²) in [5.41, 5.74) is 1.03. The molecule has 1 unspecified atom stereocenters. The Hall–Kier alpha value is -2.56. The normalized spacial score (nSPS) is 17.1. The Labute approximate surface area is 153 Å². The standard InChI is InChI=1S/C21H25NO4/c1-2-25-21(24)17-9-6-14-22(15-17)20(23)13-11-18-10-12-19(26-18)16-7-4-3-5-8-16/h3-5,7-8,10,12,17H,2,6,9,11,13-15H2,1H3. The van der Waals surface area contributed by atoms with Crippen molar-refractivity contribution in [3.8, 4) is 11.3 Å². The van der Waals surface area contributed by atoms with Gasteiger partial charge in [0.25, 0.3) is 0 Å². The zero-order valence-corrected chi connectivity index (χ0v) is 15.1. The van der Waals surface area contributed by atoms with Gasteiger partial charge in [-0.25, -0.2) is 0 Å². The molecule has 1 aliphatic rings. The fraction of sp³-hybridized carbons (Fsp3) is 0.429. The van der Waals surface area contributed by atoms with Crippen LogP contribution in [-0.4, -0.2) is 36.5 Å². The number of furan rings is 1. The Bertz CT molecular complexity index is 737. The molecule has 1 aromatic carbocycles. The van der Waals surface area contributed by atoms with Gasteiger partial charge in [-0.1, -0.05) is 30.3 Å². The molecule has 1 amide bonds. The number of nitrogens with zero attached hydrogens (tertiary/aromatic N) is 1. The summed E-state index contributed by atoms with van der Waals surface area (Å²) < 4.78 is 10.9. The van der Waals surface area contributed by atoms with Crippen molar-refractivity contribution in [1.82, 2.24) is 4.90 Å². The van der Waals surface area contributed by atoms with Gasteiger partial charge in [-0.2, -0.15) is 0 Å². The molecule has 1 aliphatic heterocycles. The van der Waals surface area contributed by atoms with Gasteiger partial charge in [0.1, 0.15) is 11.5 Å². The molecule has 1 atom stereocenters. The van der Waals surface area contributed by atoms with Crippen molar-refractivity contribution >= 4 is 11.9 Å². The third kappa shape index (κ3) is 4.54. The van der Waals surface area contributed by atoms with Gasteiger partial charge < -0.3 is 14.1 Å². The molecule has 0 N–H and O–H groups in total. The zero-order chi connectivity index (χ0) is 18.4. The lowest BCUT2D eigenvalue weighted by Crippen LogP contribution is -2.42. The van der Waals surface area contributed by atoms with Crippen molar-refractivity contribution in [2.45, 2.75) is 32.6 Å². The predicted octanol–water partition coefficient (Wildman–Crippen LogP) is 3.68. The van der Waals surface area contributed by atoms with E-state index in [0.29, 0.717) is 32.5 Å². The van der Waals surface area contributed by atoms with E-state index in [2.05, 4.69) is 0 Å². The summed E-state index contributed by atoms with van der Waals surface area (Å²) in [7, 11) is 0. The highest BCUT2D eigenvalue weighted by atomic mass is 16.5. The first-order valence-corrected chi connectivity index (χ1v) is 9.26. The van der Waals surface area contributed by atoms with Crippen LogP contribution in [0.25, 0.3) is 11.3 Å². The Morgan fingerprint density at radius 3 is 2.77 bits per heavy atom. The lowest BCUT2D eigenvalue weighted by Gasteiger charge is -2.31. The second-order valence-electron chi connectivity index (χ2n) is 6.56. The molecule has 1 fully saturated rings. The number of ether oxygens (including phenoxy) is 1. The summed E-state index contributed by atoms with van der Waals surface area (Å²) in [5.74, 6) is 1.30. The van der Waals surface area contributed by atoms with Crippen LogP contribution in [0.3, 0.4) is 0 Å². The van der Waals surface area contributed by atoms with Crippen LogP contribution in [0.1, 0.15) is 31.9 Å². The number of aryl methyl sites for hydroxylation is 1. The number of piperidine rings is 1. The Morgan fingerprint density at radius 1 is 1.19 bits per heavy atom. The van der Waals surface area contributed by atoms with E-state index >= 15 is 0 Å². The van der Waals surface area contributed by atoms with Gasteiger partial charge in [0.2, 0.25) is 5.91 Å². The fourth-order valence-electron chi connectivity index (χ4n) is 3.31. The molecular formula is C21H25NO4. The largest absolute Gasteiger partial charge is 0.466 e. The van der Waals surface area contributed by atoms with Gasteiger partial charge in [-0.3, -0.25) is 9.59 Å². The van der Waals surface area contributed by atoms with Crippen LogP contribution < -0.4 is 0 Å². The average molecular weight is 355 g/mol. The molecule has 26 heavy (non-hydrogen) atoms. The van der Waals surface area contributed by atoms with Crippen LogP contribution in [0.5, 0.6) is 0 Å². The van der Waals surface area contributed by atoms with E-state index in [1.54, 1.807) is 11.8 Å². The molecule has 0 radical (unpaired) electrons. The van der Waals surface area contributed by atoms with Gasteiger partial charge in [0.15, 0.2) is 0 Å². The summed E-state index contributed by atoms with van der Waals surface area (Å²) in [6.07, 6.45) is 2.58. The van der Waals surface area contributed by atoms with Crippen LogP contribution >= 0.6 is 0 Å². The van der Waals surface area contributed by atoms with Crippen LogP contribution in [0, 0.1) is 5.92 Å². The van der Waals surface area contributed by atoms with Gasteiger partial charge >= 0.3 is 5.97 Å². The molecule has 5 nitrogen and oxygen atoms in total. The highest BCUT2D eigenvalue weighted by Crippen LogP contribution is 2.23. The molecule has 1 aromatic heterocycles. The van der Waals surface area contributed by atoms with Gasteiger partial charge in [0, 0.05) is 31.5 Å². The fourth-order valence-corrected chi connectivity index (χ4v) is 3.31. The van der Waals surface area contributed by atoms with E-state index in [0.717, 1.165) is 29.9 Å². The molecule has 0 bridgehead atoms. The SMILES string of the molecule is CCOC(=O)C1CCCN(C(=O)CCc2ccc(-c3ccccc3)o2)C1. The minimum absolute atomic E-state index is 0.0664. The average Bonchev–Trinajstić information content (AvgIpc) is 3.16. The highest BCUT2D eigenvalue weighted by Gasteiger charge is 2.29. The molecule has 138 valence electrons. The number of hydrogen-bond donors (Lipinski definition) is 0. The maximum absolute atomic E-state index is 12.5. The number of carbonyl (C=O) groups is 2. The topological polar surface area (TPSA) is 59.8 Å². The van der Waals surface area contributed by atoms with E-state index in [1.807, 2.05) is 42.5 Å². The van der Waals surface area contributed by atoms with Gasteiger partial charge in [-0.15, -0.1) is 0 Å². The van der Waals surface area contributed by atoms with Gasteiger partial charge in [0.05, 0.1) is 12.5 Å². The maximum atomic E-state index is 12.5. The highest BCUT2D eigenvalue weighted by molar-refractivity contribution is 5.78. The smallest absolute Gasteiger partial charge is 0.310 e. The Balaban J connectivity index is 1.52. The summed E-state index contributed by atoms with van der Waals surface area (Å²) in [5, 5.41) is 0. The van der Waals surface area contributed by atoms with Crippen molar-refractivity contribution in [3.05, 3.63) is 48.2 Å². The lowest BCUT2D eigenvalue weighted by molar-refractivity contribution is -0.151. The lowest BCUT2D eigenvalue weighted by atomic mass is 9.98. The number of amides is 1.